The third kappa shape index (κ3) is 3.93. The Morgan fingerprint density at radius 1 is 0.917 bits per heavy atom. The molecule has 0 heterocycles. The Morgan fingerprint density at radius 3 is 2.33 bits per heavy atom. The lowest BCUT2D eigenvalue weighted by Gasteiger charge is -2.15. The summed E-state index contributed by atoms with van der Waals surface area (Å²) in [6.45, 7) is 2.03. The molecule has 0 aliphatic heterocycles. The molecular weight excluding hydrogens is 322 g/mol. The van der Waals surface area contributed by atoms with Gasteiger partial charge in [-0.3, -0.25) is 0 Å². The topological polar surface area (TPSA) is 55.4 Å². The van der Waals surface area contributed by atoms with E-state index in [9.17, 15) is 8.42 Å². The minimum atomic E-state index is -3.57. The predicted molar refractivity (Wildman–Crippen MR) is 95.7 cm³/mol. The lowest BCUT2D eigenvalue weighted by atomic mass is 10.1. The SMILES string of the molecule is CC(CNS(=O)(=O)c1ccc2ccccc2c1)Oc1ccccc1. The van der Waals surface area contributed by atoms with E-state index >= 15 is 0 Å². The van der Waals surface area contributed by atoms with Gasteiger partial charge < -0.3 is 4.74 Å². The summed E-state index contributed by atoms with van der Waals surface area (Å²) < 4.78 is 33.2. The molecule has 4 nitrogen and oxygen atoms in total. The summed E-state index contributed by atoms with van der Waals surface area (Å²) in [5.74, 6) is 0.718. The van der Waals surface area contributed by atoms with Crippen LogP contribution in [-0.2, 0) is 10.0 Å². The van der Waals surface area contributed by atoms with Gasteiger partial charge in [0.2, 0.25) is 10.0 Å². The van der Waals surface area contributed by atoms with Gasteiger partial charge in [-0.25, -0.2) is 13.1 Å². The summed E-state index contributed by atoms with van der Waals surface area (Å²) in [5, 5.41) is 1.91. The standard InChI is InChI=1S/C19H19NO3S/c1-15(23-18-9-3-2-4-10-18)14-20-24(21,22)19-12-11-16-7-5-6-8-17(16)13-19/h2-13,15,20H,14H2,1H3. The van der Waals surface area contributed by atoms with Gasteiger partial charge >= 0.3 is 0 Å². The molecule has 0 aliphatic rings. The molecular formula is C19H19NO3S. The molecule has 1 unspecified atom stereocenters. The molecule has 3 aromatic carbocycles. The van der Waals surface area contributed by atoms with E-state index in [1.165, 1.54) is 0 Å². The van der Waals surface area contributed by atoms with Gasteiger partial charge in [0.05, 0.1) is 4.90 Å². The molecule has 0 spiro atoms. The van der Waals surface area contributed by atoms with Crippen molar-refractivity contribution >= 4 is 20.8 Å². The third-order valence-corrected chi connectivity index (χ3v) is 5.09. The number of hydrogen-bond acceptors (Lipinski definition) is 3. The van der Waals surface area contributed by atoms with Crippen LogP contribution in [-0.4, -0.2) is 21.1 Å². The quantitative estimate of drug-likeness (QED) is 0.745. The second-order valence-electron chi connectivity index (χ2n) is 5.60. The fourth-order valence-corrected chi connectivity index (χ4v) is 3.57. The number of ether oxygens (including phenoxy) is 1. The first kappa shape index (κ1) is 16.5. The normalized spacial score (nSPS) is 12.9. The number of sulfonamides is 1. The zero-order valence-corrected chi connectivity index (χ0v) is 14.2. The summed E-state index contributed by atoms with van der Waals surface area (Å²) in [6.07, 6.45) is -0.275. The number of nitrogens with one attached hydrogen (secondary N) is 1. The predicted octanol–water partition coefficient (Wildman–Crippen LogP) is 3.59. The summed E-state index contributed by atoms with van der Waals surface area (Å²) in [4.78, 5) is 0.258. The van der Waals surface area contributed by atoms with Gasteiger partial charge in [0.1, 0.15) is 11.9 Å². The van der Waals surface area contributed by atoms with Gasteiger partial charge in [-0.05, 0) is 42.0 Å². The van der Waals surface area contributed by atoms with E-state index in [0.717, 1.165) is 16.5 Å². The molecule has 3 aromatic rings. The van der Waals surface area contributed by atoms with Crippen molar-refractivity contribution in [1.82, 2.24) is 4.72 Å². The number of hydrogen-bond donors (Lipinski definition) is 1. The van der Waals surface area contributed by atoms with E-state index in [-0.39, 0.29) is 17.5 Å². The minimum Gasteiger partial charge on any atom is -0.489 e. The van der Waals surface area contributed by atoms with Crippen molar-refractivity contribution in [2.45, 2.75) is 17.9 Å². The van der Waals surface area contributed by atoms with Crippen LogP contribution in [0.2, 0.25) is 0 Å². The van der Waals surface area contributed by atoms with Crippen LogP contribution >= 0.6 is 0 Å². The van der Waals surface area contributed by atoms with E-state index in [1.807, 2.05) is 67.6 Å². The van der Waals surface area contributed by atoms with Gasteiger partial charge in [0.15, 0.2) is 0 Å². The largest absolute Gasteiger partial charge is 0.489 e. The van der Waals surface area contributed by atoms with Crippen LogP contribution in [0.1, 0.15) is 6.92 Å². The van der Waals surface area contributed by atoms with Crippen LogP contribution in [0.4, 0.5) is 0 Å². The number of benzene rings is 3. The molecule has 0 saturated heterocycles. The second-order valence-corrected chi connectivity index (χ2v) is 7.37. The Bertz CT molecular complexity index is 924. The van der Waals surface area contributed by atoms with Crippen molar-refractivity contribution in [3.8, 4) is 5.75 Å². The Kier molecular flexibility index (Phi) is 4.83. The van der Waals surface area contributed by atoms with Gasteiger partial charge in [-0.15, -0.1) is 0 Å². The number of para-hydroxylation sites is 1. The zero-order valence-electron chi connectivity index (χ0n) is 13.3. The lowest BCUT2D eigenvalue weighted by Crippen LogP contribution is -2.33. The first-order valence-electron chi connectivity index (χ1n) is 7.75. The van der Waals surface area contributed by atoms with Crippen LogP contribution < -0.4 is 9.46 Å². The molecule has 24 heavy (non-hydrogen) atoms. The van der Waals surface area contributed by atoms with E-state index < -0.39 is 10.0 Å². The monoisotopic (exact) mass is 341 g/mol. The second kappa shape index (κ2) is 7.03. The Hall–Kier alpha value is -2.37. The fraction of sp³-hybridized carbons (Fsp3) is 0.158. The van der Waals surface area contributed by atoms with Gasteiger partial charge in [-0.2, -0.15) is 0 Å². The first-order chi connectivity index (χ1) is 11.5. The van der Waals surface area contributed by atoms with E-state index in [1.54, 1.807) is 12.1 Å². The summed E-state index contributed by atoms with van der Waals surface area (Å²) in [5.41, 5.74) is 0. The van der Waals surface area contributed by atoms with Crippen LogP contribution in [0.5, 0.6) is 5.75 Å². The van der Waals surface area contributed by atoms with Crippen molar-refractivity contribution in [3.63, 3.8) is 0 Å². The molecule has 0 aliphatic carbocycles. The summed E-state index contributed by atoms with van der Waals surface area (Å²) in [7, 11) is -3.57. The first-order valence-corrected chi connectivity index (χ1v) is 9.23. The van der Waals surface area contributed by atoms with Crippen molar-refractivity contribution in [2.24, 2.45) is 0 Å². The van der Waals surface area contributed by atoms with Crippen molar-refractivity contribution in [3.05, 3.63) is 72.8 Å². The summed E-state index contributed by atoms with van der Waals surface area (Å²) in [6, 6.07) is 22.1. The van der Waals surface area contributed by atoms with Gasteiger partial charge in [0.25, 0.3) is 0 Å². The maximum absolute atomic E-state index is 12.5. The highest BCUT2D eigenvalue weighted by Gasteiger charge is 2.16. The summed E-state index contributed by atoms with van der Waals surface area (Å²) >= 11 is 0. The highest BCUT2D eigenvalue weighted by Crippen LogP contribution is 2.19. The molecule has 1 atom stereocenters. The van der Waals surface area contributed by atoms with Crippen LogP contribution in [0, 0.1) is 0 Å². The van der Waals surface area contributed by atoms with E-state index in [0.29, 0.717) is 0 Å². The maximum Gasteiger partial charge on any atom is 0.240 e. The van der Waals surface area contributed by atoms with Crippen molar-refractivity contribution < 1.29 is 13.2 Å². The molecule has 124 valence electrons. The van der Waals surface area contributed by atoms with Crippen LogP contribution in [0.15, 0.2) is 77.7 Å². The molecule has 0 radical (unpaired) electrons. The minimum absolute atomic E-state index is 0.198. The Morgan fingerprint density at radius 2 is 1.58 bits per heavy atom. The smallest absolute Gasteiger partial charge is 0.240 e. The average molecular weight is 341 g/mol. The highest BCUT2D eigenvalue weighted by molar-refractivity contribution is 7.89. The molecule has 5 heteroatoms. The van der Waals surface area contributed by atoms with E-state index in [2.05, 4.69) is 4.72 Å². The molecule has 1 N–H and O–H groups in total. The number of fused-ring (bicyclic) bond motifs is 1. The molecule has 0 amide bonds. The molecule has 3 rings (SSSR count). The molecule has 0 bridgehead atoms. The molecule has 0 fully saturated rings. The van der Waals surface area contributed by atoms with Crippen molar-refractivity contribution in [1.29, 1.82) is 0 Å². The van der Waals surface area contributed by atoms with Crippen LogP contribution in [0.25, 0.3) is 10.8 Å². The number of rotatable bonds is 6. The average Bonchev–Trinajstić information content (AvgIpc) is 2.60. The van der Waals surface area contributed by atoms with Gasteiger partial charge in [-0.1, -0.05) is 48.5 Å². The molecule has 0 saturated carbocycles. The van der Waals surface area contributed by atoms with Gasteiger partial charge in [0, 0.05) is 6.54 Å². The Labute approximate surface area is 142 Å². The Balaban J connectivity index is 1.68. The lowest BCUT2D eigenvalue weighted by molar-refractivity contribution is 0.225. The molecule has 0 aromatic heterocycles. The third-order valence-electron chi connectivity index (χ3n) is 3.67. The highest BCUT2D eigenvalue weighted by atomic mass is 32.2. The maximum atomic E-state index is 12.5. The van der Waals surface area contributed by atoms with Crippen molar-refractivity contribution in [2.75, 3.05) is 6.54 Å². The zero-order chi connectivity index (χ0) is 17.0. The van der Waals surface area contributed by atoms with E-state index in [4.69, 9.17) is 4.74 Å². The van der Waals surface area contributed by atoms with Crippen LogP contribution in [0.3, 0.4) is 0 Å². The fourth-order valence-electron chi connectivity index (χ4n) is 2.42.